The van der Waals surface area contributed by atoms with Crippen molar-refractivity contribution >= 4 is 11.7 Å². The molecule has 1 saturated carbocycles. The highest BCUT2D eigenvalue weighted by atomic mass is 16.2. The molecule has 0 aliphatic heterocycles. The lowest BCUT2D eigenvalue weighted by Gasteiger charge is -2.20. The number of amides is 2. The summed E-state index contributed by atoms with van der Waals surface area (Å²) in [6.07, 6.45) is 5.11. The lowest BCUT2D eigenvalue weighted by Crippen LogP contribution is -2.32. The number of nitrogens with one attached hydrogen (secondary N) is 2. The number of carbonyl (C=O) groups is 1. The van der Waals surface area contributed by atoms with Crippen LogP contribution in [-0.4, -0.2) is 12.6 Å². The van der Waals surface area contributed by atoms with Gasteiger partial charge in [0, 0.05) is 15.1 Å². The lowest BCUT2D eigenvalue weighted by atomic mass is 9.87. The molecular weight excluding hydrogens is 248 g/mol. The number of urea groups is 1. The molecule has 2 rings (SSSR count). The fraction of sp³-hybridized carbons (Fsp3) is 0.588. The van der Waals surface area contributed by atoms with Crippen LogP contribution in [-0.2, 0) is 5.41 Å². The Morgan fingerprint density at radius 1 is 1.30 bits per heavy atom. The van der Waals surface area contributed by atoms with E-state index in [2.05, 4.69) is 43.5 Å². The van der Waals surface area contributed by atoms with Crippen molar-refractivity contribution in [2.75, 3.05) is 11.9 Å². The predicted octanol–water partition coefficient (Wildman–Crippen LogP) is 4.79. The van der Waals surface area contributed by atoms with Crippen LogP contribution in [0.15, 0.2) is 24.3 Å². The van der Waals surface area contributed by atoms with Crippen molar-refractivity contribution in [3.05, 3.63) is 29.8 Å². The lowest BCUT2D eigenvalue weighted by molar-refractivity contribution is 0.250. The first-order valence-electron chi connectivity index (χ1n) is 7.60. The van der Waals surface area contributed by atoms with Crippen molar-refractivity contribution in [1.82, 2.24) is 5.32 Å². The van der Waals surface area contributed by atoms with Crippen molar-refractivity contribution in [2.45, 2.75) is 51.9 Å². The van der Waals surface area contributed by atoms with E-state index in [9.17, 15) is 4.79 Å². The smallest absolute Gasteiger partial charge is 0.319 e. The first kappa shape index (κ1) is 14.9. The summed E-state index contributed by atoms with van der Waals surface area (Å²) in [4.78, 5) is 11.9. The molecule has 114 valence electrons. The maximum atomic E-state index is 11.9. The second kappa shape index (κ2) is 6.29. The van der Waals surface area contributed by atoms with E-state index in [4.69, 9.17) is 0 Å². The predicted molar refractivity (Wildman–Crippen MR) is 88.3 cm³/mol. The number of hydrogen-bond acceptors (Lipinski definition) is 1. The fourth-order valence-corrected chi connectivity index (χ4v) is 2.69. The number of anilines is 1. The van der Waals surface area contributed by atoms with Crippen LogP contribution in [0.3, 0.4) is 0 Å². The van der Waals surface area contributed by atoms with Gasteiger partial charge in [0.1, 0.15) is 0 Å². The van der Waals surface area contributed by atoms with E-state index in [0.29, 0.717) is 5.92 Å². The summed E-state index contributed by atoms with van der Waals surface area (Å²) >= 11 is 0. The van der Waals surface area contributed by atoms with Gasteiger partial charge in [-0.15, -0.1) is 0 Å². The van der Waals surface area contributed by atoms with Gasteiger partial charge in [0.05, 0.1) is 0 Å². The second-order valence-corrected chi connectivity index (χ2v) is 6.82. The molecular formula is C17H30N2O. The Labute approximate surface area is 125 Å². The van der Waals surface area contributed by atoms with Gasteiger partial charge in [-0.2, -0.15) is 0 Å². The zero-order valence-electron chi connectivity index (χ0n) is 12.8. The van der Waals surface area contributed by atoms with Crippen molar-refractivity contribution in [3.8, 4) is 0 Å². The minimum absolute atomic E-state index is 0. The highest BCUT2D eigenvalue weighted by Gasteiger charge is 2.16. The molecule has 0 atom stereocenters. The van der Waals surface area contributed by atoms with Gasteiger partial charge in [-0.1, -0.05) is 45.7 Å². The Morgan fingerprint density at radius 3 is 2.65 bits per heavy atom. The van der Waals surface area contributed by atoms with E-state index in [1.165, 1.54) is 31.2 Å². The van der Waals surface area contributed by atoms with Crippen LogP contribution >= 0.6 is 0 Å². The minimum Gasteiger partial charge on any atom is -0.338 e. The summed E-state index contributed by atoms with van der Waals surface area (Å²) in [6.45, 7) is 7.32. The molecule has 0 saturated heterocycles. The standard InChI is InChI=1S/C17H26N2O.2H2/c1-17(2,3)14-9-6-10-15(11-14)19-16(20)18-12-13-7-4-5-8-13;;/h6,9-11,13H,4-5,7-8,12H2,1-3H3,(H2,18,19,20);2*1H. The molecule has 1 aromatic carbocycles. The zero-order chi connectivity index (χ0) is 14.6. The van der Waals surface area contributed by atoms with E-state index >= 15 is 0 Å². The Morgan fingerprint density at radius 2 is 2.00 bits per heavy atom. The average Bonchev–Trinajstić information content (AvgIpc) is 2.89. The topological polar surface area (TPSA) is 41.1 Å². The summed E-state index contributed by atoms with van der Waals surface area (Å²) in [5.41, 5.74) is 2.19. The van der Waals surface area contributed by atoms with Crippen molar-refractivity contribution in [3.63, 3.8) is 0 Å². The van der Waals surface area contributed by atoms with Gasteiger partial charge >= 0.3 is 6.03 Å². The van der Waals surface area contributed by atoms with Crippen molar-refractivity contribution in [2.24, 2.45) is 5.92 Å². The van der Waals surface area contributed by atoms with E-state index in [1.54, 1.807) is 0 Å². The van der Waals surface area contributed by atoms with Crippen molar-refractivity contribution < 1.29 is 7.65 Å². The number of hydrogen-bond donors (Lipinski definition) is 2. The quantitative estimate of drug-likeness (QED) is 0.820. The van der Waals surface area contributed by atoms with Gasteiger partial charge in [0.15, 0.2) is 0 Å². The molecule has 1 aromatic rings. The normalized spacial score (nSPS) is 16.1. The number of carbonyl (C=O) groups excluding carboxylic acids is 1. The minimum atomic E-state index is -0.0945. The SMILES string of the molecule is CC(C)(C)c1cccc(NC(=O)NCC2CCCC2)c1.[HH].[HH]. The van der Waals surface area contributed by atoms with Gasteiger partial charge in [-0.05, 0) is 41.9 Å². The third kappa shape index (κ3) is 4.26. The van der Waals surface area contributed by atoms with Crippen LogP contribution in [0.4, 0.5) is 10.5 Å². The molecule has 1 aliphatic rings. The Bertz CT molecular complexity index is 466. The maximum absolute atomic E-state index is 11.9. The first-order valence-corrected chi connectivity index (χ1v) is 7.60. The summed E-state index contributed by atoms with van der Waals surface area (Å²) in [6, 6.07) is 7.98. The Balaban J connectivity index is 0.00000220. The molecule has 2 N–H and O–H groups in total. The molecule has 0 heterocycles. The maximum Gasteiger partial charge on any atom is 0.319 e. The largest absolute Gasteiger partial charge is 0.338 e. The molecule has 20 heavy (non-hydrogen) atoms. The van der Waals surface area contributed by atoms with Crippen LogP contribution in [0.25, 0.3) is 0 Å². The van der Waals surface area contributed by atoms with Crippen LogP contribution in [0.1, 0.15) is 54.9 Å². The summed E-state index contributed by atoms with van der Waals surface area (Å²) in [7, 11) is 0. The molecule has 0 spiro atoms. The fourth-order valence-electron chi connectivity index (χ4n) is 2.69. The van der Waals surface area contributed by atoms with Gasteiger partial charge < -0.3 is 10.6 Å². The molecule has 1 aliphatic carbocycles. The molecule has 3 heteroatoms. The van der Waals surface area contributed by atoms with E-state index in [1.807, 2.05) is 12.1 Å². The molecule has 1 fully saturated rings. The van der Waals surface area contributed by atoms with Crippen LogP contribution in [0, 0.1) is 5.92 Å². The zero-order valence-corrected chi connectivity index (χ0v) is 12.8. The van der Waals surface area contributed by atoms with Gasteiger partial charge in [0.25, 0.3) is 0 Å². The third-order valence-electron chi connectivity index (χ3n) is 4.01. The highest BCUT2D eigenvalue weighted by molar-refractivity contribution is 5.89. The molecule has 3 nitrogen and oxygen atoms in total. The summed E-state index contributed by atoms with van der Waals surface area (Å²) in [5.74, 6) is 0.668. The molecule has 0 aromatic heterocycles. The number of rotatable bonds is 3. The summed E-state index contributed by atoms with van der Waals surface area (Å²) < 4.78 is 0. The van der Waals surface area contributed by atoms with Gasteiger partial charge in [-0.3, -0.25) is 0 Å². The monoisotopic (exact) mass is 278 g/mol. The first-order chi connectivity index (χ1) is 9.45. The van der Waals surface area contributed by atoms with Gasteiger partial charge in [-0.25, -0.2) is 4.79 Å². The second-order valence-electron chi connectivity index (χ2n) is 6.82. The average molecular weight is 278 g/mol. The van der Waals surface area contributed by atoms with E-state index in [0.717, 1.165) is 12.2 Å². The van der Waals surface area contributed by atoms with E-state index in [-0.39, 0.29) is 14.3 Å². The molecule has 0 radical (unpaired) electrons. The molecule has 0 unspecified atom stereocenters. The van der Waals surface area contributed by atoms with Crippen LogP contribution in [0.5, 0.6) is 0 Å². The Kier molecular flexibility index (Phi) is 4.69. The molecule has 2 amide bonds. The van der Waals surface area contributed by atoms with Crippen molar-refractivity contribution in [1.29, 1.82) is 0 Å². The summed E-state index contributed by atoms with van der Waals surface area (Å²) in [5, 5.41) is 5.91. The highest BCUT2D eigenvalue weighted by Crippen LogP contribution is 2.25. The number of benzene rings is 1. The van der Waals surface area contributed by atoms with Crippen LogP contribution in [0.2, 0.25) is 0 Å². The van der Waals surface area contributed by atoms with E-state index < -0.39 is 0 Å². The Hall–Kier alpha value is -1.51. The third-order valence-corrected chi connectivity index (χ3v) is 4.01. The molecule has 0 bridgehead atoms. The van der Waals surface area contributed by atoms with Crippen LogP contribution < -0.4 is 10.6 Å². The van der Waals surface area contributed by atoms with Gasteiger partial charge in [0.2, 0.25) is 0 Å².